The molecule has 1 aliphatic carbocycles. The number of ketones is 1. The van der Waals surface area contributed by atoms with Gasteiger partial charge in [-0.15, -0.1) is 0 Å². The molecule has 0 fully saturated rings. The molecule has 0 heterocycles. The molecule has 0 aromatic heterocycles. The van der Waals surface area contributed by atoms with Gasteiger partial charge in [-0.05, 0) is 21.0 Å². The summed E-state index contributed by atoms with van der Waals surface area (Å²) in [4.78, 5) is 13.2. The fraction of sp³-hybridized carbons (Fsp3) is 0.240. The van der Waals surface area contributed by atoms with Crippen LogP contribution in [0.3, 0.4) is 0 Å². The Morgan fingerprint density at radius 2 is 1.29 bits per heavy atom. The van der Waals surface area contributed by atoms with E-state index >= 15 is 0 Å². The molecule has 1 atom stereocenters. The summed E-state index contributed by atoms with van der Waals surface area (Å²) < 4.78 is 7.02. The molecule has 0 bridgehead atoms. The van der Waals surface area contributed by atoms with Crippen LogP contribution >= 0.6 is 0 Å². The van der Waals surface area contributed by atoms with E-state index in [2.05, 4.69) is 69.3 Å². The summed E-state index contributed by atoms with van der Waals surface area (Å²) in [7, 11) is -2.72. The lowest BCUT2D eigenvalue weighted by Crippen LogP contribution is -2.68. The molecule has 28 heavy (non-hydrogen) atoms. The number of carbonyl (C=O) groups excluding carboxylic acids is 1. The topological polar surface area (TPSA) is 26.3 Å². The van der Waals surface area contributed by atoms with Gasteiger partial charge in [-0.1, -0.05) is 106 Å². The second-order valence-electron chi connectivity index (χ2n) is 8.50. The molecular formula is C25H26O2Si. The fourth-order valence-corrected chi connectivity index (χ4v) is 9.04. The van der Waals surface area contributed by atoms with Gasteiger partial charge in [0.05, 0.1) is 0 Å². The zero-order chi connectivity index (χ0) is 19.8. The second kappa shape index (κ2) is 7.15. The van der Waals surface area contributed by atoms with E-state index in [1.165, 1.54) is 10.4 Å². The van der Waals surface area contributed by atoms with Gasteiger partial charge in [0.2, 0.25) is 0 Å². The lowest BCUT2D eigenvalue weighted by molar-refractivity contribution is 0.0805. The standard InChI is InChI=1S/C25H26O2Si/c1-25(2,3)28(20-13-6-4-7-14-20,21-15-8-5-9-16-21)27-23-18-19-12-10-11-17-22(19)24(23)26/h4-17,23H,18H2,1-3H3. The normalized spacial score (nSPS) is 16.8. The van der Waals surface area contributed by atoms with E-state index in [1.54, 1.807) is 0 Å². The molecule has 4 rings (SSSR count). The van der Waals surface area contributed by atoms with Gasteiger partial charge in [0.25, 0.3) is 8.32 Å². The third kappa shape index (κ3) is 3.05. The predicted octanol–water partition coefficient (Wildman–Crippen LogP) is 4.37. The number of hydrogen-bond acceptors (Lipinski definition) is 2. The van der Waals surface area contributed by atoms with Crippen molar-refractivity contribution in [3.8, 4) is 0 Å². The average molecular weight is 387 g/mol. The summed E-state index contributed by atoms with van der Waals surface area (Å²) in [6.07, 6.45) is 0.225. The molecule has 1 unspecified atom stereocenters. The third-order valence-electron chi connectivity index (χ3n) is 5.72. The van der Waals surface area contributed by atoms with Crippen LogP contribution in [-0.2, 0) is 10.8 Å². The molecule has 3 heteroatoms. The Morgan fingerprint density at radius 1 is 0.786 bits per heavy atom. The molecule has 0 radical (unpaired) electrons. The minimum atomic E-state index is -2.72. The fourth-order valence-electron chi connectivity index (χ4n) is 4.40. The van der Waals surface area contributed by atoms with Gasteiger partial charge in [0.15, 0.2) is 5.78 Å². The van der Waals surface area contributed by atoms with Crippen molar-refractivity contribution in [3.05, 3.63) is 96.1 Å². The molecule has 0 aliphatic heterocycles. The van der Waals surface area contributed by atoms with Gasteiger partial charge < -0.3 is 4.43 Å². The summed E-state index contributed by atoms with van der Waals surface area (Å²) in [6.45, 7) is 6.73. The van der Waals surface area contributed by atoms with E-state index < -0.39 is 14.4 Å². The monoisotopic (exact) mass is 386 g/mol. The Labute approximate surface area is 168 Å². The maximum Gasteiger partial charge on any atom is 0.262 e. The first-order valence-corrected chi connectivity index (χ1v) is 11.8. The number of fused-ring (bicyclic) bond motifs is 1. The quantitative estimate of drug-likeness (QED) is 0.623. The first kappa shape index (κ1) is 18.9. The summed E-state index contributed by atoms with van der Waals surface area (Å²) in [5, 5.41) is 2.28. The third-order valence-corrected chi connectivity index (χ3v) is 10.8. The molecule has 0 saturated heterocycles. The lowest BCUT2D eigenvalue weighted by atomic mass is 10.1. The summed E-state index contributed by atoms with van der Waals surface area (Å²) in [6, 6.07) is 28.9. The predicted molar refractivity (Wildman–Crippen MR) is 117 cm³/mol. The zero-order valence-corrected chi connectivity index (χ0v) is 17.7. The van der Waals surface area contributed by atoms with Crippen LogP contribution in [0, 0.1) is 0 Å². The van der Waals surface area contributed by atoms with E-state index in [0.29, 0.717) is 6.42 Å². The highest BCUT2D eigenvalue weighted by molar-refractivity contribution is 6.99. The SMILES string of the molecule is CC(C)(C)[Si](OC1Cc2ccccc2C1=O)(c1ccccc1)c1ccccc1. The molecular weight excluding hydrogens is 360 g/mol. The number of rotatable bonds is 4. The summed E-state index contributed by atoms with van der Waals surface area (Å²) in [5.74, 6) is 0.114. The van der Waals surface area contributed by atoms with Crippen LogP contribution in [0.5, 0.6) is 0 Å². The maximum atomic E-state index is 13.2. The van der Waals surface area contributed by atoms with Gasteiger partial charge in [-0.3, -0.25) is 4.79 Å². The van der Waals surface area contributed by atoms with Crippen molar-refractivity contribution in [2.24, 2.45) is 0 Å². The lowest BCUT2D eigenvalue weighted by Gasteiger charge is -2.44. The van der Waals surface area contributed by atoms with Crippen molar-refractivity contribution in [2.75, 3.05) is 0 Å². The minimum absolute atomic E-state index is 0.114. The van der Waals surface area contributed by atoms with Crippen LogP contribution in [0.4, 0.5) is 0 Å². The molecule has 0 spiro atoms. The molecule has 2 nitrogen and oxygen atoms in total. The summed E-state index contributed by atoms with van der Waals surface area (Å²) >= 11 is 0. The van der Waals surface area contributed by atoms with Crippen molar-refractivity contribution in [1.82, 2.24) is 0 Å². The number of Topliss-reactive ketones (excluding diaryl/α,β-unsaturated/α-hetero) is 1. The van der Waals surface area contributed by atoms with Crippen LogP contribution in [0.25, 0.3) is 0 Å². The van der Waals surface area contributed by atoms with Crippen LogP contribution in [-0.4, -0.2) is 20.2 Å². The Kier molecular flexibility index (Phi) is 4.82. The molecule has 3 aromatic rings. The smallest absolute Gasteiger partial charge is 0.262 e. The maximum absolute atomic E-state index is 13.2. The van der Waals surface area contributed by atoms with Gasteiger partial charge >= 0.3 is 0 Å². The van der Waals surface area contributed by atoms with Crippen molar-refractivity contribution in [3.63, 3.8) is 0 Å². The van der Waals surface area contributed by atoms with Crippen LogP contribution in [0.2, 0.25) is 5.04 Å². The Morgan fingerprint density at radius 3 is 1.79 bits per heavy atom. The first-order valence-electron chi connectivity index (χ1n) is 9.84. The Hall–Kier alpha value is -2.49. The highest BCUT2D eigenvalue weighted by Crippen LogP contribution is 2.39. The van der Waals surface area contributed by atoms with E-state index in [9.17, 15) is 4.79 Å². The highest BCUT2D eigenvalue weighted by Gasteiger charge is 2.53. The van der Waals surface area contributed by atoms with Gasteiger partial charge in [-0.25, -0.2) is 0 Å². The number of carbonyl (C=O) groups is 1. The summed E-state index contributed by atoms with van der Waals surface area (Å²) in [5.41, 5.74) is 1.90. The van der Waals surface area contributed by atoms with Crippen molar-refractivity contribution in [1.29, 1.82) is 0 Å². The molecule has 3 aromatic carbocycles. The molecule has 1 aliphatic rings. The van der Waals surface area contributed by atoms with E-state index in [4.69, 9.17) is 4.43 Å². The van der Waals surface area contributed by atoms with Gasteiger partial charge in [0.1, 0.15) is 6.10 Å². The van der Waals surface area contributed by atoms with Gasteiger partial charge in [-0.2, -0.15) is 0 Å². The van der Waals surface area contributed by atoms with Crippen molar-refractivity contribution in [2.45, 2.75) is 38.3 Å². The van der Waals surface area contributed by atoms with Crippen LogP contribution in [0.15, 0.2) is 84.9 Å². The zero-order valence-electron chi connectivity index (χ0n) is 16.7. The molecule has 0 saturated carbocycles. The van der Waals surface area contributed by atoms with Crippen LogP contribution in [0.1, 0.15) is 36.7 Å². The number of benzene rings is 3. The van der Waals surface area contributed by atoms with E-state index in [1.807, 2.05) is 36.4 Å². The minimum Gasteiger partial charge on any atom is -0.397 e. The largest absolute Gasteiger partial charge is 0.397 e. The average Bonchev–Trinajstić information content (AvgIpc) is 3.02. The van der Waals surface area contributed by atoms with Gasteiger partial charge in [0, 0.05) is 12.0 Å². The highest BCUT2D eigenvalue weighted by atomic mass is 28.4. The molecule has 0 N–H and O–H groups in total. The Bertz CT molecular complexity index is 935. The Balaban J connectivity index is 1.86. The molecule has 142 valence electrons. The van der Waals surface area contributed by atoms with Crippen molar-refractivity contribution < 1.29 is 9.22 Å². The van der Waals surface area contributed by atoms with Crippen LogP contribution < -0.4 is 10.4 Å². The van der Waals surface area contributed by atoms with E-state index in [0.717, 1.165) is 11.1 Å². The van der Waals surface area contributed by atoms with Crippen molar-refractivity contribution >= 4 is 24.5 Å². The number of hydrogen-bond donors (Lipinski definition) is 0. The van der Waals surface area contributed by atoms with E-state index in [-0.39, 0.29) is 10.8 Å². The second-order valence-corrected chi connectivity index (χ2v) is 12.7. The first-order chi connectivity index (χ1) is 13.4. The molecule has 0 amide bonds.